The molecule has 0 saturated carbocycles. The molecule has 0 spiro atoms. The number of carboxylic acid groups (broad SMARTS) is 1. The number of anilines is 1. The van der Waals surface area contributed by atoms with E-state index in [-0.39, 0.29) is 19.0 Å². The molecule has 20 heavy (non-hydrogen) atoms. The summed E-state index contributed by atoms with van der Waals surface area (Å²) in [5.41, 5.74) is 2.88. The Balaban J connectivity index is 2.56. The summed E-state index contributed by atoms with van der Waals surface area (Å²) in [7, 11) is 1.64. The Labute approximate surface area is 118 Å². The minimum Gasteiger partial charge on any atom is -0.479 e. The molecule has 0 unspecified atom stereocenters. The number of rotatable bonds is 5. The number of amides is 2. The van der Waals surface area contributed by atoms with Crippen LogP contribution < -0.4 is 10.2 Å². The number of benzene rings is 1. The molecule has 0 bridgehead atoms. The molecule has 3 N–H and O–H groups in total. The lowest BCUT2D eigenvalue weighted by atomic mass is 10.1. The number of carboxylic acids is 1. The first-order valence-electron chi connectivity index (χ1n) is 6.32. The first-order valence-corrected chi connectivity index (χ1v) is 6.32. The Morgan fingerprint density at radius 2 is 1.80 bits per heavy atom. The van der Waals surface area contributed by atoms with Crippen LogP contribution in [0, 0.1) is 13.8 Å². The molecule has 0 aliphatic rings. The lowest BCUT2D eigenvalue weighted by Crippen LogP contribution is -2.39. The molecule has 0 aromatic heterocycles. The second kappa shape index (κ2) is 6.91. The highest BCUT2D eigenvalue weighted by Crippen LogP contribution is 2.17. The zero-order valence-corrected chi connectivity index (χ0v) is 11.9. The van der Waals surface area contributed by atoms with Crippen LogP contribution in [0.15, 0.2) is 18.2 Å². The van der Waals surface area contributed by atoms with Gasteiger partial charge in [-0.2, -0.15) is 0 Å². The van der Waals surface area contributed by atoms with Gasteiger partial charge < -0.3 is 15.5 Å². The van der Waals surface area contributed by atoms with E-state index >= 15 is 0 Å². The number of aryl methyl sites for hydroxylation is 2. The number of aliphatic hydroxyl groups is 1. The minimum absolute atomic E-state index is 0.0260. The summed E-state index contributed by atoms with van der Waals surface area (Å²) in [5, 5.41) is 20.2. The summed E-state index contributed by atoms with van der Waals surface area (Å²) in [6.45, 7) is 4.00. The van der Waals surface area contributed by atoms with Gasteiger partial charge in [0, 0.05) is 25.7 Å². The summed E-state index contributed by atoms with van der Waals surface area (Å²) in [6, 6.07) is 5.45. The van der Waals surface area contributed by atoms with E-state index in [1.54, 1.807) is 7.05 Å². The summed E-state index contributed by atoms with van der Waals surface area (Å²) in [6.07, 6.45) is -1.48. The molecule has 0 saturated heterocycles. The smallest absolute Gasteiger partial charge is 0.332 e. The van der Waals surface area contributed by atoms with Gasteiger partial charge in [-0.1, -0.05) is 6.07 Å². The second-order valence-electron chi connectivity index (χ2n) is 4.78. The minimum atomic E-state index is -1.46. The number of nitrogens with zero attached hydrogens (tertiary/aromatic N) is 1. The number of urea groups is 1. The fraction of sp³-hybridized carbons (Fsp3) is 0.429. The molecule has 110 valence electrons. The Bertz CT molecular complexity index is 482. The third-order valence-corrected chi connectivity index (χ3v) is 2.88. The first-order chi connectivity index (χ1) is 9.31. The predicted molar refractivity (Wildman–Crippen MR) is 76.0 cm³/mol. The van der Waals surface area contributed by atoms with Crippen LogP contribution in [-0.4, -0.2) is 41.9 Å². The van der Waals surface area contributed by atoms with E-state index < -0.39 is 12.1 Å². The summed E-state index contributed by atoms with van der Waals surface area (Å²) in [5.74, 6) is -1.29. The van der Waals surface area contributed by atoms with Crippen molar-refractivity contribution in [3.8, 4) is 0 Å². The third-order valence-electron chi connectivity index (χ3n) is 2.88. The number of hydrogen-bond acceptors (Lipinski definition) is 3. The van der Waals surface area contributed by atoms with Crippen LogP contribution in [-0.2, 0) is 4.79 Å². The van der Waals surface area contributed by atoms with E-state index in [2.05, 4.69) is 5.32 Å². The number of carbonyl (C=O) groups is 2. The van der Waals surface area contributed by atoms with Crippen LogP contribution >= 0.6 is 0 Å². The zero-order valence-electron chi connectivity index (χ0n) is 11.9. The molecule has 0 radical (unpaired) electrons. The van der Waals surface area contributed by atoms with Gasteiger partial charge in [0.05, 0.1) is 0 Å². The fourth-order valence-corrected chi connectivity index (χ4v) is 1.82. The van der Waals surface area contributed by atoms with Crippen molar-refractivity contribution in [2.24, 2.45) is 0 Å². The Kier molecular flexibility index (Phi) is 5.52. The van der Waals surface area contributed by atoms with Crippen LogP contribution in [0.25, 0.3) is 0 Å². The van der Waals surface area contributed by atoms with Crippen LogP contribution in [0.2, 0.25) is 0 Å². The van der Waals surface area contributed by atoms with Gasteiger partial charge in [0.25, 0.3) is 0 Å². The molecular weight excluding hydrogens is 260 g/mol. The topological polar surface area (TPSA) is 89.9 Å². The van der Waals surface area contributed by atoms with E-state index in [0.717, 1.165) is 16.8 Å². The van der Waals surface area contributed by atoms with E-state index in [9.17, 15) is 9.59 Å². The van der Waals surface area contributed by atoms with Crippen molar-refractivity contribution in [1.82, 2.24) is 5.32 Å². The monoisotopic (exact) mass is 280 g/mol. The molecular formula is C14H20N2O4. The average Bonchev–Trinajstić information content (AvgIpc) is 2.36. The van der Waals surface area contributed by atoms with Gasteiger partial charge in [-0.05, 0) is 37.1 Å². The summed E-state index contributed by atoms with van der Waals surface area (Å²) >= 11 is 0. The quantitative estimate of drug-likeness (QED) is 0.758. The molecule has 6 heteroatoms. The highest BCUT2D eigenvalue weighted by Gasteiger charge is 2.15. The van der Waals surface area contributed by atoms with Gasteiger partial charge >= 0.3 is 12.0 Å². The van der Waals surface area contributed by atoms with E-state index in [0.29, 0.717) is 0 Å². The maximum atomic E-state index is 11.9. The normalized spacial score (nSPS) is 11.8. The number of aliphatic carboxylic acids is 1. The molecule has 0 aliphatic carbocycles. The Morgan fingerprint density at radius 3 is 2.30 bits per heavy atom. The largest absolute Gasteiger partial charge is 0.479 e. The zero-order chi connectivity index (χ0) is 15.3. The van der Waals surface area contributed by atoms with Crippen LogP contribution in [0.1, 0.15) is 17.5 Å². The second-order valence-corrected chi connectivity index (χ2v) is 4.78. The van der Waals surface area contributed by atoms with E-state index in [4.69, 9.17) is 10.2 Å². The third kappa shape index (κ3) is 4.55. The number of hydrogen-bond donors (Lipinski definition) is 3. The maximum absolute atomic E-state index is 11.9. The van der Waals surface area contributed by atoms with Crippen molar-refractivity contribution < 1.29 is 19.8 Å². The number of nitrogens with one attached hydrogen (secondary N) is 1. The number of carbonyl (C=O) groups excluding carboxylic acids is 1. The molecule has 1 aromatic rings. The van der Waals surface area contributed by atoms with Gasteiger partial charge in [0.2, 0.25) is 0 Å². The van der Waals surface area contributed by atoms with Crippen molar-refractivity contribution in [3.63, 3.8) is 0 Å². The molecule has 0 fully saturated rings. The van der Waals surface area contributed by atoms with Crippen LogP contribution in [0.5, 0.6) is 0 Å². The standard InChI is InChI=1S/C14H20N2O4/c1-9-6-10(2)8-11(7-9)16(3)14(20)15-5-4-12(17)13(18)19/h6-8,12,17H,4-5H2,1-3H3,(H,15,20)(H,18,19)/t12-/m0/s1. The van der Waals surface area contributed by atoms with E-state index in [1.807, 2.05) is 32.0 Å². The molecule has 1 rings (SSSR count). The molecule has 2 amide bonds. The Hall–Kier alpha value is -2.08. The lowest BCUT2D eigenvalue weighted by Gasteiger charge is -2.19. The van der Waals surface area contributed by atoms with Crippen LogP contribution in [0.4, 0.5) is 10.5 Å². The van der Waals surface area contributed by atoms with Crippen molar-refractivity contribution in [3.05, 3.63) is 29.3 Å². The molecule has 1 atom stereocenters. The predicted octanol–water partition coefficient (Wildman–Crippen LogP) is 1.28. The highest BCUT2D eigenvalue weighted by atomic mass is 16.4. The molecule has 6 nitrogen and oxygen atoms in total. The van der Waals surface area contributed by atoms with Gasteiger partial charge in [0.1, 0.15) is 0 Å². The molecule has 0 heterocycles. The Morgan fingerprint density at radius 1 is 1.25 bits per heavy atom. The summed E-state index contributed by atoms with van der Waals surface area (Å²) in [4.78, 5) is 23.8. The van der Waals surface area contributed by atoms with Crippen molar-refractivity contribution in [1.29, 1.82) is 0 Å². The average molecular weight is 280 g/mol. The van der Waals surface area contributed by atoms with Crippen molar-refractivity contribution in [2.45, 2.75) is 26.4 Å². The van der Waals surface area contributed by atoms with Gasteiger partial charge in [-0.25, -0.2) is 9.59 Å². The molecule has 1 aromatic carbocycles. The number of aliphatic hydroxyl groups excluding tert-OH is 1. The SMILES string of the molecule is Cc1cc(C)cc(N(C)C(=O)NCC[C@H](O)C(=O)O)c1. The fourth-order valence-electron chi connectivity index (χ4n) is 1.82. The van der Waals surface area contributed by atoms with Gasteiger partial charge in [-0.3, -0.25) is 4.90 Å². The van der Waals surface area contributed by atoms with Crippen molar-refractivity contribution >= 4 is 17.7 Å². The van der Waals surface area contributed by atoms with Crippen molar-refractivity contribution in [2.75, 3.05) is 18.5 Å². The van der Waals surface area contributed by atoms with Gasteiger partial charge in [-0.15, -0.1) is 0 Å². The first kappa shape index (κ1) is 16.0. The lowest BCUT2D eigenvalue weighted by molar-refractivity contribution is -0.146. The molecule has 0 aliphatic heterocycles. The van der Waals surface area contributed by atoms with Gasteiger partial charge in [0.15, 0.2) is 6.10 Å². The highest BCUT2D eigenvalue weighted by molar-refractivity contribution is 5.91. The van der Waals surface area contributed by atoms with E-state index in [1.165, 1.54) is 4.90 Å². The van der Waals surface area contributed by atoms with Crippen LogP contribution in [0.3, 0.4) is 0 Å². The maximum Gasteiger partial charge on any atom is 0.332 e. The summed E-state index contributed by atoms with van der Waals surface area (Å²) < 4.78 is 0.